The van der Waals surface area contributed by atoms with Gasteiger partial charge in [-0.3, -0.25) is 0 Å². The molecule has 0 N–H and O–H groups in total. The average molecular weight is 324 g/mol. The quantitative estimate of drug-likeness (QED) is 0.567. The van der Waals surface area contributed by atoms with Gasteiger partial charge in [0.05, 0.1) is 13.1 Å². The summed E-state index contributed by atoms with van der Waals surface area (Å²) in [4.78, 5) is 0. The number of imidazole rings is 2. The van der Waals surface area contributed by atoms with Crippen LogP contribution in [0.2, 0.25) is 0 Å². The molecule has 4 heteroatoms. The second-order valence-electron chi connectivity index (χ2n) is 6.47. The van der Waals surface area contributed by atoms with Gasteiger partial charge >= 0.3 is 0 Å². The molecule has 0 atom stereocenters. The molecular weight excluding hydrogens is 296 g/mol. The van der Waals surface area contributed by atoms with E-state index in [4.69, 9.17) is 0 Å². The van der Waals surface area contributed by atoms with E-state index in [0.29, 0.717) is 0 Å². The molecule has 4 nitrogen and oxygen atoms in total. The van der Waals surface area contributed by atoms with Crippen molar-refractivity contribution in [2.75, 3.05) is 0 Å². The van der Waals surface area contributed by atoms with Crippen LogP contribution in [0.4, 0.5) is 0 Å². The van der Waals surface area contributed by atoms with Crippen molar-refractivity contribution in [1.82, 2.24) is 9.13 Å². The Labute approximate surface area is 144 Å². The maximum Gasteiger partial charge on any atom is 0.244 e. The molecule has 0 aliphatic rings. The summed E-state index contributed by atoms with van der Waals surface area (Å²) >= 11 is 0. The van der Waals surface area contributed by atoms with Crippen molar-refractivity contribution in [3.63, 3.8) is 0 Å². The van der Waals surface area contributed by atoms with Gasteiger partial charge in [0.2, 0.25) is 12.7 Å². The molecule has 0 saturated heterocycles. The van der Waals surface area contributed by atoms with Gasteiger partial charge in [-0.05, 0) is 30.0 Å². The molecular formula is C20H28N4+2. The van der Waals surface area contributed by atoms with E-state index in [9.17, 15) is 0 Å². The first kappa shape index (κ1) is 16.5. The first-order chi connectivity index (χ1) is 11.8. The monoisotopic (exact) mass is 324 g/mol. The van der Waals surface area contributed by atoms with E-state index in [1.54, 1.807) is 0 Å². The highest BCUT2D eigenvalue weighted by Crippen LogP contribution is 2.05. The van der Waals surface area contributed by atoms with Gasteiger partial charge in [0.1, 0.15) is 37.9 Å². The fourth-order valence-electron chi connectivity index (χ4n) is 3.09. The number of hydrogen-bond donors (Lipinski definition) is 0. The van der Waals surface area contributed by atoms with Gasteiger partial charge in [-0.2, -0.15) is 0 Å². The van der Waals surface area contributed by atoms with Crippen molar-refractivity contribution >= 4 is 0 Å². The Morgan fingerprint density at radius 1 is 0.792 bits per heavy atom. The first-order valence-electron chi connectivity index (χ1n) is 8.94. The van der Waals surface area contributed by atoms with Crippen molar-refractivity contribution < 1.29 is 9.13 Å². The van der Waals surface area contributed by atoms with E-state index in [1.165, 1.54) is 24.0 Å². The molecule has 0 saturated carbocycles. The Morgan fingerprint density at radius 3 is 1.75 bits per heavy atom. The lowest BCUT2D eigenvalue weighted by Gasteiger charge is -2.02. The van der Waals surface area contributed by atoms with Crippen molar-refractivity contribution in [3.05, 3.63) is 72.8 Å². The van der Waals surface area contributed by atoms with Crippen LogP contribution in [0.25, 0.3) is 0 Å². The molecule has 24 heavy (non-hydrogen) atoms. The molecule has 0 radical (unpaired) electrons. The third kappa shape index (κ3) is 4.34. The maximum atomic E-state index is 2.31. The molecule has 1 aromatic carbocycles. The second kappa shape index (κ2) is 7.95. The normalized spacial score (nSPS) is 11.1. The fraction of sp³-hybridized carbons (Fsp3) is 0.400. The van der Waals surface area contributed by atoms with Gasteiger partial charge < -0.3 is 0 Å². The lowest BCUT2D eigenvalue weighted by atomic mass is 10.1. The smallest absolute Gasteiger partial charge is 0.237 e. The zero-order valence-corrected chi connectivity index (χ0v) is 14.8. The summed E-state index contributed by atoms with van der Waals surface area (Å²) in [5, 5.41) is 0. The standard InChI is InChI=1S/C20H28N4/c1-3-8-21-10-12-23(17-21)15-19-6-5-7-20(14-19)16-24-13-11-22(18-24)9-4-2/h5-7,10-14,17-18H,3-4,8-9,15-16H2,1-2H3/q+2. The highest BCUT2D eigenvalue weighted by molar-refractivity contribution is 5.22. The zero-order chi connectivity index (χ0) is 16.8. The average Bonchev–Trinajstić information content (AvgIpc) is 3.18. The van der Waals surface area contributed by atoms with Gasteiger partial charge in [0.25, 0.3) is 0 Å². The summed E-state index contributed by atoms with van der Waals surface area (Å²) in [7, 11) is 0. The minimum Gasteiger partial charge on any atom is -0.237 e. The molecule has 0 bridgehead atoms. The molecule has 0 aliphatic carbocycles. The van der Waals surface area contributed by atoms with Crippen molar-refractivity contribution in [1.29, 1.82) is 0 Å². The minimum atomic E-state index is 0.923. The molecule has 0 aliphatic heterocycles. The largest absolute Gasteiger partial charge is 0.244 e. The predicted octanol–water partition coefficient (Wildman–Crippen LogP) is 2.78. The minimum absolute atomic E-state index is 0.923. The van der Waals surface area contributed by atoms with Gasteiger partial charge in [0, 0.05) is 0 Å². The molecule has 3 aromatic rings. The Balaban J connectivity index is 1.66. The number of rotatable bonds is 8. The summed E-state index contributed by atoms with van der Waals surface area (Å²) in [5.74, 6) is 0. The van der Waals surface area contributed by atoms with E-state index >= 15 is 0 Å². The van der Waals surface area contributed by atoms with Crippen LogP contribution in [0.3, 0.4) is 0 Å². The number of aryl methyl sites for hydroxylation is 2. The van der Waals surface area contributed by atoms with Gasteiger partial charge in [0.15, 0.2) is 0 Å². The van der Waals surface area contributed by atoms with E-state index < -0.39 is 0 Å². The van der Waals surface area contributed by atoms with Gasteiger partial charge in [-0.15, -0.1) is 0 Å². The predicted molar refractivity (Wildman–Crippen MR) is 94.5 cm³/mol. The molecule has 126 valence electrons. The molecule has 0 unspecified atom stereocenters. The highest BCUT2D eigenvalue weighted by Gasteiger charge is 2.07. The van der Waals surface area contributed by atoms with Gasteiger partial charge in [-0.25, -0.2) is 18.3 Å². The van der Waals surface area contributed by atoms with E-state index in [0.717, 1.165) is 26.2 Å². The molecule has 2 aromatic heterocycles. The molecule has 2 heterocycles. The summed E-state index contributed by atoms with van der Waals surface area (Å²) in [6.45, 7) is 8.42. The SMILES string of the molecule is CCCn1cc[n+](Cc2cccc(C[n+]3ccn(CCC)c3)c2)c1. The summed E-state index contributed by atoms with van der Waals surface area (Å²) in [6, 6.07) is 8.90. The molecule has 0 amide bonds. The van der Waals surface area contributed by atoms with E-state index in [1.807, 2.05) is 0 Å². The number of nitrogens with zero attached hydrogens (tertiary/aromatic N) is 4. The van der Waals surface area contributed by atoms with Crippen LogP contribution in [0.5, 0.6) is 0 Å². The van der Waals surface area contributed by atoms with Crippen molar-refractivity contribution in [2.24, 2.45) is 0 Å². The lowest BCUT2D eigenvalue weighted by Crippen LogP contribution is -2.33. The van der Waals surface area contributed by atoms with Crippen LogP contribution in [0.1, 0.15) is 37.8 Å². The third-order valence-electron chi connectivity index (χ3n) is 4.18. The van der Waals surface area contributed by atoms with Crippen LogP contribution >= 0.6 is 0 Å². The lowest BCUT2D eigenvalue weighted by molar-refractivity contribution is -0.688. The summed E-state index contributed by atoms with van der Waals surface area (Å²) < 4.78 is 8.99. The topological polar surface area (TPSA) is 17.6 Å². The first-order valence-corrected chi connectivity index (χ1v) is 8.94. The van der Waals surface area contributed by atoms with Gasteiger partial charge in [-0.1, -0.05) is 32.0 Å². The van der Waals surface area contributed by atoms with E-state index in [2.05, 4.69) is 93.8 Å². The van der Waals surface area contributed by atoms with Crippen LogP contribution in [-0.4, -0.2) is 9.13 Å². The number of hydrogen-bond acceptors (Lipinski definition) is 0. The fourth-order valence-corrected chi connectivity index (χ4v) is 3.09. The molecule has 0 fully saturated rings. The Kier molecular flexibility index (Phi) is 5.47. The molecule has 3 rings (SSSR count). The summed E-state index contributed by atoms with van der Waals surface area (Å²) in [5.41, 5.74) is 2.70. The number of aromatic nitrogens is 4. The zero-order valence-electron chi connectivity index (χ0n) is 14.8. The Morgan fingerprint density at radius 2 is 1.29 bits per heavy atom. The van der Waals surface area contributed by atoms with Crippen LogP contribution in [0, 0.1) is 0 Å². The van der Waals surface area contributed by atoms with Crippen LogP contribution in [-0.2, 0) is 26.2 Å². The third-order valence-corrected chi connectivity index (χ3v) is 4.18. The van der Waals surface area contributed by atoms with E-state index in [-0.39, 0.29) is 0 Å². The Hall–Kier alpha value is -2.36. The van der Waals surface area contributed by atoms with Crippen molar-refractivity contribution in [3.8, 4) is 0 Å². The highest BCUT2D eigenvalue weighted by atomic mass is 15.1. The number of benzene rings is 1. The summed E-state index contributed by atoms with van der Waals surface area (Å²) in [6.07, 6.45) is 15.3. The molecule has 0 spiro atoms. The van der Waals surface area contributed by atoms with Crippen LogP contribution < -0.4 is 9.13 Å². The second-order valence-corrected chi connectivity index (χ2v) is 6.47. The van der Waals surface area contributed by atoms with Crippen molar-refractivity contribution in [2.45, 2.75) is 52.9 Å². The maximum absolute atomic E-state index is 2.31. The van der Waals surface area contributed by atoms with Crippen LogP contribution in [0.15, 0.2) is 61.7 Å². The Bertz CT molecular complexity index is 708.